The Balaban J connectivity index is 1.80. The first kappa shape index (κ1) is 11.8. The Morgan fingerprint density at radius 3 is 3.12 bits per heavy atom. The van der Waals surface area contributed by atoms with Crippen LogP contribution in [-0.2, 0) is 0 Å². The minimum Gasteiger partial charge on any atom is -0.300 e. The second-order valence-corrected chi connectivity index (χ2v) is 5.48. The molecule has 0 unspecified atom stereocenters. The zero-order chi connectivity index (χ0) is 11.4. The highest BCUT2D eigenvalue weighted by atomic mass is 32.1. The molecule has 88 valence electrons. The normalized spacial score (nSPS) is 22.2. The molecule has 0 aliphatic carbocycles. The van der Waals surface area contributed by atoms with Crippen LogP contribution >= 0.6 is 11.3 Å². The van der Waals surface area contributed by atoms with Gasteiger partial charge in [0.05, 0.1) is 4.88 Å². The molecule has 3 heteroatoms. The number of Topliss-reactive ketones (excluding diaryl/α,β-unsaturated/α-hetero) is 1. The third-order valence-corrected chi connectivity index (χ3v) is 4.27. The summed E-state index contributed by atoms with van der Waals surface area (Å²) < 4.78 is 0. The van der Waals surface area contributed by atoms with E-state index in [0.717, 1.165) is 11.4 Å². The largest absolute Gasteiger partial charge is 0.300 e. The number of carbonyl (C=O) groups is 1. The summed E-state index contributed by atoms with van der Waals surface area (Å²) >= 11 is 1.55. The molecular weight excluding hydrogens is 218 g/mol. The second-order valence-electron chi connectivity index (χ2n) is 4.53. The van der Waals surface area contributed by atoms with Crippen molar-refractivity contribution in [3.05, 3.63) is 22.4 Å². The zero-order valence-electron chi connectivity index (χ0n) is 9.82. The third-order valence-electron chi connectivity index (χ3n) is 3.36. The van der Waals surface area contributed by atoms with Gasteiger partial charge in [-0.05, 0) is 37.8 Å². The third kappa shape index (κ3) is 2.92. The molecule has 2 heterocycles. The van der Waals surface area contributed by atoms with Gasteiger partial charge in [-0.1, -0.05) is 12.5 Å². The first-order chi connectivity index (χ1) is 7.77. The number of carbonyl (C=O) groups excluding carboxylic acids is 1. The molecule has 0 saturated carbocycles. The number of hydrogen-bond acceptors (Lipinski definition) is 3. The van der Waals surface area contributed by atoms with E-state index in [0.29, 0.717) is 18.2 Å². The summed E-state index contributed by atoms with van der Waals surface area (Å²) in [4.78, 5) is 15.2. The van der Waals surface area contributed by atoms with Crippen LogP contribution in [0.15, 0.2) is 17.5 Å². The van der Waals surface area contributed by atoms with Crippen LogP contribution in [0.4, 0.5) is 0 Å². The van der Waals surface area contributed by atoms with Crippen molar-refractivity contribution >= 4 is 17.1 Å². The molecule has 1 aromatic rings. The fourth-order valence-corrected chi connectivity index (χ4v) is 2.99. The molecule has 1 saturated heterocycles. The van der Waals surface area contributed by atoms with Crippen molar-refractivity contribution in [3.8, 4) is 0 Å². The number of likely N-dealkylation sites (tertiary alicyclic amines) is 1. The van der Waals surface area contributed by atoms with Crippen molar-refractivity contribution in [2.24, 2.45) is 0 Å². The van der Waals surface area contributed by atoms with Crippen LogP contribution in [0.25, 0.3) is 0 Å². The molecule has 0 aromatic carbocycles. The van der Waals surface area contributed by atoms with Crippen LogP contribution in [0, 0.1) is 0 Å². The molecule has 0 spiro atoms. The molecular formula is C13H19NOS. The average Bonchev–Trinajstić information content (AvgIpc) is 2.81. The van der Waals surface area contributed by atoms with E-state index in [1.54, 1.807) is 11.3 Å². The summed E-state index contributed by atoms with van der Waals surface area (Å²) in [5.74, 6) is 0.299. The van der Waals surface area contributed by atoms with Crippen LogP contribution < -0.4 is 0 Å². The van der Waals surface area contributed by atoms with Gasteiger partial charge in [-0.25, -0.2) is 0 Å². The van der Waals surface area contributed by atoms with Crippen molar-refractivity contribution in [2.75, 3.05) is 13.1 Å². The Morgan fingerprint density at radius 2 is 2.44 bits per heavy atom. The number of rotatable bonds is 4. The van der Waals surface area contributed by atoms with Crippen molar-refractivity contribution in [3.63, 3.8) is 0 Å². The maximum absolute atomic E-state index is 11.8. The first-order valence-corrected chi connectivity index (χ1v) is 6.96. The van der Waals surface area contributed by atoms with Crippen LogP contribution in [0.1, 0.15) is 42.3 Å². The number of thiophene rings is 1. The highest BCUT2D eigenvalue weighted by Crippen LogP contribution is 2.18. The lowest BCUT2D eigenvalue weighted by molar-refractivity contribution is 0.0939. The van der Waals surface area contributed by atoms with Crippen molar-refractivity contribution in [1.29, 1.82) is 0 Å². The average molecular weight is 237 g/mol. The Kier molecular flexibility index (Phi) is 4.13. The molecule has 1 atom stereocenters. The predicted molar refractivity (Wildman–Crippen MR) is 68.2 cm³/mol. The maximum Gasteiger partial charge on any atom is 0.174 e. The molecule has 16 heavy (non-hydrogen) atoms. The molecule has 1 aromatic heterocycles. The summed E-state index contributed by atoms with van der Waals surface area (Å²) in [5.41, 5.74) is 0. The minimum atomic E-state index is 0.299. The van der Waals surface area contributed by atoms with E-state index in [2.05, 4.69) is 11.8 Å². The topological polar surface area (TPSA) is 20.3 Å². The maximum atomic E-state index is 11.8. The van der Waals surface area contributed by atoms with Gasteiger partial charge in [-0.15, -0.1) is 11.3 Å². The van der Waals surface area contributed by atoms with Gasteiger partial charge in [-0.2, -0.15) is 0 Å². The highest BCUT2D eigenvalue weighted by molar-refractivity contribution is 7.12. The van der Waals surface area contributed by atoms with Gasteiger partial charge in [0.25, 0.3) is 0 Å². The smallest absolute Gasteiger partial charge is 0.174 e. The van der Waals surface area contributed by atoms with Gasteiger partial charge in [0.1, 0.15) is 0 Å². The van der Waals surface area contributed by atoms with E-state index >= 15 is 0 Å². The fourth-order valence-electron chi connectivity index (χ4n) is 2.30. The Labute approximate surface area is 101 Å². The summed E-state index contributed by atoms with van der Waals surface area (Å²) in [6.45, 7) is 4.37. The monoisotopic (exact) mass is 237 g/mol. The molecule has 0 amide bonds. The van der Waals surface area contributed by atoms with Crippen LogP contribution in [0.2, 0.25) is 0 Å². The van der Waals surface area contributed by atoms with E-state index in [1.165, 1.54) is 25.8 Å². The van der Waals surface area contributed by atoms with Gasteiger partial charge < -0.3 is 4.90 Å². The Bertz CT molecular complexity index is 334. The van der Waals surface area contributed by atoms with Crippen molar-refractivity contribution in [1.82, 2.24) is 4.90 Å². The van der Waals surface area contributed by atoms with Gasteiger partial charge in [0, 0.05) is 19.0 Å². The molecule has 1 aliphatic heterocycles. The van der Waals surface area contributed by atoms with Gasteiger partial charge in [-0.3, -0.25) is 4.79 Å². The Hall–Kier alpha value is -0.670. The number of nitrogens with zero attached hydrogens (tertiary/aromatic N) is 1. The predicted octanol–water partition coefficient (Wildman–Crippen LogP) is 3.20. The van der Waals surface area contributed by atoms with Gasteiger partial charge in [0.15, 0.2) is 5.78 Å². The van der Waals surface area contributed by atoms with E-state index < -0.39 is 0 Å². The second kappa shape index (κ2) is 5.60. The van der Waals surface area contributed by atoms with E-state index in [9.17, 15) is 4.79 Å². The summed E-state index contributed by atoms with van der Waals surface area (Å²) in [7, 11) is 0. The van der Waals surface area contributed by atoms with Crippen LogP contribution in [0.3, 0.4) is 0 Å². The molecule has 1 fully saturated rings. The first-order valence-electron chi connectivity index (χ1n) is 6.08. The lowest BCUT2D eigenvalue weighted by atomic mass is 10.0. The molecule has 0 radical (unpaired) electrons. The summed E-state index contributed by atoms with van der Waals surface area (Å²) in [5, 5.41) is 1.97. The summed E-state index contributed by atoms with van der Waals surface area (Å²) in [6, 6.07) is 4.53. The molecule has 0 bridgehead atoms. The lowest BCUT2D eigenvalue weighted by Crippen LogP contribution is -2.38. The fraction of sp³-hybridized carbons (Fsp3) is 0.615. The number of hydrogen-bond donors (Lipinski definition) is 0. The quantitative estimate of drug-likeness (QED) is 0.750. The number of ketones is 1. The SMILES string of the molecule is C[C@H]1CCCCN1CCC(=O)c1cccs1. The molecule has 0 N–H and O–H groups in total. The molecule has 1 aliphatic rings. The van der Waals surface area contributed by atoms with E-state index in [1.807, 2.05) is 17.5 Å². The van der Waals surface area contributed by atoms with E-state index in [4.69, 9.17) is 0 Å². The Morgan fingerprint density at radius 1 is 1.56 bits per heavy atom. The van der Waals surface area contributed by atoms with Crippen molar-refractivity contribution < 1.29 is 4.79 Å². The highest BCUT2D eigenvalue weighted by Gasteiger charge is 2.19. The van der Waals surface area contributed by atoms with Gasteiger partial charge in [0.2, 0.25) is 0 Å². The van der Waals surface area contributed by atoms with E-state index in [-0.39, 0.29) is 0 Å². The van der Waals surface area contributed by atoms with Crippen molar-refractivity contribution in [2.45, 2.75) is 38.6 Å². The lowest BCUT2D eigenvalue weighted by Gasteiger charge is -2.32. The number of piperidine rings is 1. The minimum absolute atomic E-state index is 0.299. The summed E-state index contributed by atoms with van der Waals surface area (Å²) in [6.07, 6.45) is 4.59. The van der Waals surface area contributed by atoms with Crippen LogP contribution in [0.5, 0.6) is 0 Å². The molecule has 2 rings (SSSR count). The van der Waals surface area contributed by atoms with Crippen LogP contribution in [-0.4, -0.2) is 29.8 Å². The van der Waals surface area contributed by atoms with Gasteiger partial charge >= 0.3 is 0 Å². The zero-order valence-corrected chi connectivity index (χ0v) is 10.6. The standard InChI is InChI=1S/C13H19NOS/c1-11-5-2-3-8-14(11)9-7-12(15)13-6-4-10-16-13/h4,6,10-11H,2-3,5,7-9H2,1H3/t11-/m0/s1. The molecule has 2 nitrogen and oxygen atoms in total.